The average Bonchev–Trinajstić information content (AvgIpc) is 2.89. The SMILES string of the molecule is CC(NC(C)c1cnn(-c2ccccc2)c1)C(=O)O. The largest absolute Gasteiger partial charge is 0.480 e. The van der Waals surface area contributed by atoms with Crippen LogP contribution in [-0.2, 0) is 4.79 Å². The van der Waals surface area contributed by atoms with E-state index >= 15 is 0 Å². The Bertz CT molecular complexity index is 551. The molecule has 0 amide bonds. The highest BCUT2D eigenvalue weighted by molar-refractivity contribution is 5.72. The van der Waals surface area contributed by atoms with E-state index in [2.05, 4.69) is 10.4 Å². The molecule has 1 aromatic carbocycles. The van der Waals surface area contributed by atoms with E-state index in [1.54, 1.807) is 17.8 Å². The number of aliphatic carboxylic acids is 1. The van der Waals surface area contributed by atoms with Gasteiger partial charge >= 0.3 is 5.97 Å². The summed E-state index contributed by atoms with van der Waals surface area (Å²) in [5.41, 5.74) is 1.93. The second-order valence-corrected chi connectivity index (χ2v) is 4.50. The molecule has 0 fully saturated rings. The van der Waals surface area contributed by atoms with Gasteiger partial charge in [-0.05, 0) is 26.0 Å². The third-order valence-corrected chi connectivity index (χ3v) is 2.99. The van der Waals surface area contributed by atoms with E-state index in [0.717, 1.165) is 11.3 Å². The Labute approximate surface area is 111 Å². The van der Waals surface area contributed by atoms with Crippen LogP contribution in [0.2, 0.25) is 0 Å². The fourth-order valence-corrected chi connectivity index (χ4v) is 1.82. The first-order valence-electron chi connectivity index (χ1n) is 6.17. The van der Waals surface area contributed by atoms with Crippen molar-refractivity contribution in [3.05, 3.63) is 48.3 Å². The van der Waals surface area contributed by atoms with Crippen LogP contribution in [0, 0.1) is 0 Å². The van der Waals surface area contributed by atoms with E-state index in [1.807, 2.05) is 43.5 Å². The lowest BCUT2D eigenvalue weighted by molar-refractivity contribution is -0.139. The van der Waals surface area contributed by atoms with Gasteiger partial charge < -0.3 is 5.11 Å². The van der Waals surface area contributed by atoms with Crippen LogP contribution < -0.4 is 5.32 Å². The van der Waals surface area contributed by atoms with Crippen molar-refractivity contribution in [2.45, 2.75) is 25.9 Å². The van der Waals surface area contributed by atoms with E-state index in [4.69, 9.17) is 5.11 Å². The maximum Gasteiger partial charge on any atom is 0.320 e. The lowest BCUT2D eigenvalue weighted by Gasteiger charge is -2.15. The van der Waals surface area contributed by atoms with Gasteiger partial charge in [-0.2, -0.15) is 5.10 Å². The van der Waals surface area contributed by atoms with Crippen LogP contribution in [0.25, 0.3) is 5.69 Å². The molecule has 19 heavy (non-hydrogen) atoms. The maximum absolute atomic E-state index is 10.8. The monoisotopic (exact) mass is 259 g/mol. The first kappa shape index (κ1) is 13.3. The zero-order chi connectivity index (χ0) is 13.8. The number of hydrogen-bond acceptors (Lipinski definition) is 3. The summed E-state index contributed by atoms with van der Waals surface area (Å²) in [6.45, 7) is 3.55. The molecule has 2 aromatic rings. The maximum atomic E-state index is 10.8. The summed E-state index contributed by atoms with van der Waals surface area (Å²) >= 11 is 0. The lowest BCUT2D eigenvalue weighted by atomic mass is 10.1. The predicted octanol–water partition coefficient (Wildman–Crippen LogP) is 2.00. The molecular formula is C14H17N3O2. The minimum Gasteiger partial charge on any atom is -0.480 e. The van der Waals surface area contributed by atoms with E-state index in [-0.39, 0.29) is 6.04 Å². The highest BCUT2D eigenvalue weighted by atomic mass is 16.4. The number of nitrogens with zero attached hydrogens (tertiary/aromatic N) is 2. The van der Waals surface area contributed by atoms with Crippen LogP contribution >= 0.6 is 0 Å². The zero-order valence-corrected chi connectivity index (χ0v) is 10.9. The quantitative estimate of drug-likeness (QED) is 0.861. The van der Waals surface area contributed by atoms with Gasteiger partial charge in [0.15, 0.2) is 0 Å². The summed E-state index contributed by atoms with van der Waals surface area (Å²) in [5, 5.41) is 16.2. The molecule has 2 atom stereocenters. The Morgan fingerprint density at radius 1 is 1.32 bits per heavy atom. The van der Waals surface area contributed by atoms with Crippen molar-refractivity contribution in [3.63, 3.8) is 0 Å². The van der Waals surface area contributed by atoms with Crippen LogP contribution in [0.5, 0.6) is 0 Å². The Balaban J connectivity index is 2.11. The number of aromatic nitrogens is 2. The number of carbonyl (C=O) groups is 1. The minimum absolute atomic E-state index is 0.0661. The van der Waals surface area contributed by atoms with Crippen molar-refractivity contribution >= 4 is 5.97 Å². The van der Waals surface area contributed by atoms with Gasteiger partial charge in [0.2, 0.25) is 0 Å². The molecule has 0 saturated heterocycles. The van der Waals surface area contributed by atoms with Crippen LogP contribution in [0.15, 0.2) is 42.7 Å². The molecule has 100 valence electrons. The molecule has 0 radical (unpaired) electrons. The van der Waals surface area contributed by atoms with Gasteiger partial charge in [-0.3, -0.25) is 10.1 Å². The molecule has 1 heterocycles. The van der Waals surface area contributed by atoms with Gasteiger partial charge in [0.1, 0.15) is 6.04 Å². The second-order valence-electron chi connectivity index (χ2n) is 4.50. The van der Waals surface area contributed by atoms with E-state index in [0.29, 0.717) is 0 Å². The number of hydrogen-bond donors (Lipinski definition) is 2. The molecule has 0 saturated carbocycles. The summed E-state index contributed by atoms with van der Waals surface area (Å²) in [5.74, 6) is -0.859. The number of para-hydroxylation sites is 1. The fraction of sp³-hybridized carbons (Fsp3) is 0.286. The Hall–Kier alpha value is -2.14. The topological polar surface area (TPSA) is 67.2 Å². The highest BCUT2D eigenvalue weighted by Crippen LogP contribution is 2.14. The smallest absolute Gasteiger partial charge is 0.320 e. The van der Waals surface area contributed by atoms with Crippen LogP contribution in [0.3, 0.4) is 0 Å². The Morgan fingerprint density at radius 2 is 2.00 bits per heavy atom. The van der Waals surface area contributed by atoms with Crippen LogP contribution in [0.4, 0.5) is 0 Å². The summed E-state index contributed by atoms with van der Waals surface area (Å²) < 4.78 is 1.78. The standard InChI is InChI=1S/C14H17N3O2/c1-10(16-11(2)14(18)19)12-8-15-17(9-12)13-6-4-3-5-7-13/h3-11,16H,1-2H3,(H,18,19). The fourth-order valence-electron chi connectivity index (χ4n) is 1.82. The zero-order valence-electron chi connectivity index (χ0n) is 10.9. The normalized spacial score (nSPS) is 14.0. The third-order valence-electron chi connectivity index (χ3n) is 2.99. The number of carboxylic acids is 1. The van der Waals surface area contributed by atoms with Gasteiger partial charge in [0.25, 0.3) is 0 Å². The summed E-state index contributed by atoms with van der Waals surface area (Å²) in [6, 6.07) is 9.13. The molecule has 0 aliphatic carbocycles. The molecule has 5 nitrogen and oxygen atoms in total. The Kier molecular flexibility index (Phi) is 3.97. The first-order chi connectivity index (χ1) is 9.08. The molecule has 5 heteroatoms. The number of nitrogens with one attached hydrogen (secondary N) is 1. The summed E-state index contributed by atoms with van der Waals surface area (Å²) in [6.07, 6.45) is 3.65. The van der Waals surface area contributed by atoms with Gasteiger partial charge in [-0.25, -0.2) is 4.68 Å². The molecule has 0 aliphatic heterocycles. The summed E-state index contributed by atoms with van der Waals surface area (Å²) in [4.78, 5) is 10.8. The van der Waals surface area contributed by atoms with Crippen molar-refractivity contribution < 1.29 is 9.90 Å². The minimum atomic E-state index is -0.859. The van der Waals surface area contributed by atoms with E-state index in [9.17, 15) is 4.79 Å². The first-order valence-corrected chi connectivity index (χ1v) is 6.17. The average molecular weight is 259 g/mol. The van der Waals surface area contributed by atoms with Crippen molar-refractivity contribution in [3.8, 4) is 5.69 Å². The van der Waals surface area contributed by atoms with Gasteiger partial charge in [-0.15, -0.1) is 0 Å². The molecule has 0 bridgehead atoms. The molecule has 2 N–H and O–H groups in total. The molecular weight excluding hydrogens is 242 g/mol. The van der Waals surface area contributed by atoms with Crippen LogP contribution in [-0.4, -0.2) is 26.9 Å². The third kappa shape index (κ3) is 3.20. The number of rotatable bonds is 5. The van der Waals surface area contributed by atoms with Crippen molar-refractivity contribution in [2.24, 2.45) is 0 Å². The van der Waals surface area contributed by atoms with Crippen molar-refractivity contribution in [2.75, 3.05) is 0 Å². The van der Waals surface area contributed by atoms with Crippen LogP contribution in [0.1, 0.15) is 25.5 Å². The molecule has 2 unspecified atom stereocenters. The Morgan fingerprint density at radius 3 is 2.63 bits per heavy atom. The van der Waals surface area contributed by atoms with Crippen molar-refractivity contribution in [1.82, 2.24) is 15.1 Å². The van der Waals surface area contributed by atoms with Crippen molar-refractivity contribution in [1.29, 1.82) is 0 Å². The molecule has 0 spiro atoms. The van der Waals surface area contributed by atoms with Gasteiger partial charge in [-0.1, -0.05) is 18.2 Å². The lowest BCUT2D eigenvalue weighted by Crippen LogP contribution is -2.35. The van der Waals surface area contributed by atoms with Gasteiger partial charge in [0, 0.05) is 17.8 Å². The van der Waals surface area contributed by atoms with E-state index < -0.39 is 12.0 Å². The molecule has 0 aliphatic rings. The number of carboxylic acid groups (broad SMARTS) is 1. The molecule has 1 aromatic heterocycles. The second kappa shape index (κ2) is 5.67. The summed E-state index contributed by atoms with van der Waals surface area (Å²) in [7, 11) is 0. The predicted molar refractivity (Wildman–Crippen MR) is 72.2 cm³/mol. The molecule has 2 rings (SSSR count). The number of benzene rings is 1. The van der Waals surface area contributed by atoms with E-state index in [1.165, 1.54) is 0 Å². The van der Waals surface area contributed by atoms with Gasteiger partial charge in [0.05, 0.1) is 11.9 Å². The highest BCUT2D eigenvalue weighted by Gasteiger charge is 2.16.